The molecule has 0 atom stereocenters. The van der Waals surface area contributed by atoms with Gasteiger partial charge < -0.3 is 0 Å². The monoisotopic (exact) mass is 285 g/mol. The molecule has 0 unspecified atom stereocenters. The molecule has 0 saturated carbocycles. The van der Waals surface area contributed by atoms with Gasteiger partial charge in [-0.05, 0) is 46.1 Å². The van der Waals surface area contributed by atoms with Crippen LogP contribution in [0, 0.1) is 11.2 Å². The molecule has 0 radical (unpaired) electrons. The van der Waals surface area contributed by atoms with Crippen LogP contribution in [0.25, 0.3) is 11.1 Å². The molecule has 0 bridgehead atoms. The molecule has 0 spiro atoms. The maximum Gasteiger partial charge on any atom is 0.123 e. The molecule has 0 amide bonds. The summed E-state index contributed by atoms with van der Waals surface area (Å²) in [6.45, 7) is 11.2. The molecule has 2 rings (SSSR count). The summed E-state index contributed by atoms with van der Waals surface area (Å²) in [6, 6.07) is 12.8. The molecule has 0 fully saturated rings. The van der Waals surface area contributed by atoms with Crippen LogP contribution in [0.3, 0.4) is 0 Å². The highest BCUT2D eigenvalue weighted by molar-refractivity contribution is 5.64. The van der Waals surface area contributed by atoms with Gasteiger partial charge in [0.25, 0.3) is 0 Å². The standard InChI is InChI=1S/C20H25F/c1-19(2,3)14-20(4,5)17-10-6-8-15(12-17)16-9-7-11-18(21)13-16/h6-13H,14H2,1-5H3/i8D. The minimum atomic E-state index is -0.267. The van der Waals surface area contributed by atoms with Gasteiger partial charge >= 0.3 is 0 Å². The van der Waals surface area contributed by atoms with Gasteiger partial charge in [0.1, 0.15) is 5.82 Å². The molecule has 0 aromatic heterocycles. The first-order valence-corrected chi connectivity index (χ1v) is 7.46. The van der Waals surface area contributed by atoms with Crippen molar-refractivity contribution >= 4 is 0 Å². The van der Waals surface area contributed by atoms with E-state index < -0.39 is 0 Å². The molecule has 112 valence electrons. The van der Waals surface area contributed by atoms with Gasteiger partial charge in [-0.1, -0.05) is 71.0 Å². The Bertz CT molecular complexity index is 666. The van der Waals surface area contributed by atoms with Crippen LogP contribution in [0.4, 0.5) is 4.39 Å². The first kappa shape index (κ1) is 14.3. The fourth-order valence-electron chi connectivity index (χ4n) is 3.14. The van der Waals surface area contributed by atoms with E-state index in [4.69, 9.17) is 1.37 Å². The summed E-state index contributed by atoms with van der Waals surface area (Å²) in [4.78, 5) is 0. The molecule has 0 aliphatic heterocycles. The Balaban J connectivity index is 2.47. The fourth-order valence-corrected chi connectivity index (χ4v) is 3.14. The van der Waals surface area contributed by atoms with Crippen molar-refractivity contribution in [3.63, 3.8) is 0 Å². The minimum absolute atomic E-state index is 0.00796. The highest BCUT2D eigenvalue weighted by atomic mass is 19.1. The van der Waals surface area contributed by atoms with Gasteiger partial charge in [-0.15, -0.1) is 0 Å². The van der Waals surface area contributed by atoms with Crippen LogP contribution < -0.4 is 0 Å². The number of hydrogen-bond acceptors (Lipinski definition) is 0. The molecule has 2 aromatic rings. The van der Waals surface area contributed by atoms with Gasteiger partial charge in [-0.25, -0.2) is 4.39 Å². The average molecular weight is 285 g/mol. The lowest BCUT2D eigenvalue weighted by atomic mass is 9.72. The second-order valence-electron chi connectivity index (χ2n) is 7.62. The zero-order chi connectivity index (χ0) is 16.5. The van der Waals surface area contributed by atoms with Crippen molar-refractivity contribution in [1.29, 1.82) is 0 Å². The van der Waals surface area contributed by atoms with Crippen LogP contribution in [-0.4, -0.2) is 0 Å². The molecule has 0 heterocycles. The van der Waals surface area contributed by atoms with Crippen LogP contribution in [0.5, 0.6) is 0 Å². The molecule has 0 nitrogen and oxygen atoms in total. The number of halogens is 1. The molecule has 1 heteroatoms. The van der Waals surface area contributed by atoms with Crippen molar-refractivity contribution < 1.29 is 5.76 Å². The topological polar surface area (TPSA) is 0 Å². The van der Waals surface area contributed by atoms with E-state index in [1.165, 1.54) is 17.7 Å². The summed E-state index contributed by atoms with van der Waals surface area (Å²) in [6.07, 6.45) is 1.04. The van der Waals surface area contributed by atoms with Crippen molar-refractivity contribution in [3.05, 3.63) is 59.9 Å². The van der Waals surface area contributed by atoms with Gasteiger partial charge in [0, 0.05) is 0 Å². The molecular formula is C20H25F. The van der Waals surface area contributed by atoms with E-state index >= 15 is 0 Å². The van der Waals surface area contributed by atoms with Crippen molar-refractivity contribution in [2.45, 2.75) is 46.5 Å². The summed E-state index contributed by atoms with van der Waals surface area (Å²) in [5, 5.41) is 0. The Kier molecular flexibility index (Phi) is 3.84. The summed E-state index contributed by atoms with van der Waals surface area (Å²) < 4.78 is 21.6. The number of hydrogen-bond donors (Lipinski definition) is 0. The van der Waals surface area contributed by atoms with Gasteiger partial charge in [-0.2, -0.15) is 0 Å². The second kappa shape index (κ2) is 5.63. The third kappa shape index (κ3) is 4.17. The molecule has 2 aromatic carbocycles. The van der Waals surface area contributed by atoms with Gasteiger partial charge in [0.05, 0.1) is 1.37 Å². The minimum Gasteiger partial charge on any atom is -0.207 e. The zero-order valence-corrected chi connectivity index (χ0v) is 13.6. The Morgan fingerprint density at radius 3 is 2.29 bits per heavy atom. The van der Waals surface area contributed by atoms with Crippen LogP contribution in [0.1, 0.15) is 48.0 Å². The average Bonchev–Trinajstić information content (AvgIpc) is 2.36. The Hall–Kier alpha value is -1.63. The smallest absolute Gasteiger partial charge is 0.123 e. The Labute approximate surface area is 129 Å². The molecule has 0 N–H and O–H groups in total. The summed E-state index contributed by atoms with van der Waals surface area (Å²) >= 11 is 0. The lowest BCUT2D eigenvalue weighted by Gasteiger charge is -2.33. The predicted octanol–water partition coefficient (Wildman–Crippen LogP) is 6.21. The van der Waals surface area contributed by atoms with Crippen LogP contribution >= 0.6 is 0 Å². The van der Waals surface area contributed by atoms with E-state index in [0.717, 1.165) is 17.5 Å². The molecule has 21 heavy (non-hydrogen) atoms. The van der Waals surface area contributed by atoms with E-state index in [0.29, 0.717) is 6.04 Å². The third-order valence-electron chi connectivity index (χ3n) is 3.69. The SMILES string of the molecule is [2H]c1ccc(C(C)(C)CC(C)(C)C)cc1-c1cccc(F)c1. The van der Waals surface area contributed by atoms with Crippen LogP contribution in [0.2, 0.25) is 0 Å². The molecular weight excluding hydrogens is 259 g/mol. The summed E-state index contributed by atoms with van der Waals surface area (Å²) in [5.74, 6) is -0.267. The van der Waals surface area contributed by atoms with E-state index in [-0.39, 0.29) is 16.6 Å². The quantitative estimate of drug-likeness (QED) is 0.629. The second-order valence-corrected chi connectivity index (χ2v) is 7.62. The van der Waals surface area contributed by atoms with Crippen LogP contribution in [0.15, 0.2) is 48.5 Å². The highest BCUT2D eigenvalue weighted by Crippen LogP contribution is 2.37. The molecule has 0 aliphatic rings. The first-order chi connectivity index (χ1) is 10.1. The molecule has 0 saturated heterocycles. The largest absolute Gasteiger partial charge is 0.207 e. The molecule has 0 aliphatic carbocycles. The lowest BCUT2D eigenvalue weighted by Crippen LogP contribution is -2.24. The van der Waals surface area contributed by atoms with Gasteiger partial charge in [-0.3, -0.25) is 0 Å². The first-order valence-electron chi connectivity index (χ1n) is 7.96. The fraction of sp³-hybridized carbons (Fsp3) is 0.400. The predicted molar refractivity (Wildman–Crippen MR) is 88.9 cm³/mol. The maximum absolute atomic E-state index is 13.5. The Morgan fingerprint density at radius 1 is 0.952 bits per heavy atom. The van der Waals surface area contributed by atoms with Gasteiger partial charge in [0.15, 0.2) is 0 Å². The number of benzene rings is 2. The van der Waals surface area contributed by atoms with Crippen molar-refractivity contribution in [2.24, 2.45) is 5.41 Å². The lowest BCUT2D eigenvalue weighted by molar-refractivity contribution is 0.284. The van der Waals surface area contributed by atoms with E-state index in [2.05, 4.69) is 34.6 Å². The van der Waals surface area contributed by atoms with Crippen molar-refractivity contribution in [2.75, 3.05) is 0 Å². The number of rotatable bonds is 3. The Morgan fingerprint density at radius 2 is 1.67 bits per heavy atom. The van der Waals surface area contributed by atoms with E-state index in [1.807, 2.05) is 24.3 Å². The highest BCUT2D eigenvalue weighted by Gasteiger charge is 2.27. The van der Waals surface area contributed by atoms with Gasteiger partial charge in [0.2, 0.25) is 0 Å². The van der Waals surface area contributed by atoms with E-state index in [9.17, 15) is 4.39 Å². The van der Waals surface area contributed by atoms with E-state index in [1.54, 1.807) is 6.07 Å². The third-order valence-corrected chi connectivity index (χ3v) is 3.69. The summed E-state index contributed by atoms with van der Waals surface area (Å²) in [7, 11) is 0. The maximum atomic E-state index is 13.5. The van der Waals surface area contributed by atoms with Crippen LogP contribution in [-0.2, 0) is 5.41 Å². The normalized spacial score (nSPS) is 13.1. The van der Waals surface area contributed by atoms with Crippen molar-refractivity contribution in [1.82, 2.24) is 0 Å². The summed E-state index contributed by atoms with van der Waals surface area (Å²) in [5.41, 5.74) is 2.98. The van der Waals surface area contributed by atoms with Crippen molar-refractivity contribution in [3.8, 4) is 11.1 Å². The zero-order valence-electron chi connectivity index (χ0n) is 14.6.